The molecule has 0 unspecified atom stereocenters. The highest BCUT2D eigenvalue weighted by Crippen LogP contribution is 2.36. The van der Waals surface area contributed by atoms with Gasteiger partial charge in [-0.2, -0.15) is 0 Å². The van der Waals surface area contributed by atoms with E-state index in [2.05, 4.69) is 0 Å². The molecule has 0 spiro atoms. The lowest BCUT2D eigenvalue weighted by Crippen LogP contribution is -2.33. The summed E-state index contributed by atoms with van der Waals surface area (Å²) in [7, 11) is 3.33. The zero-order valence-corrected chi connectivity index (χ0v) is 11.1. The number of rotatable bonds is 3. The number of carbonyl (C=O) groups is 1. The average molecular weight is 236 g/mol. The number of hydrogen-bond acceptors (Lipinski definition) is 3. The third-order valence-corrected chi connectivity index (χ3v) is 3.04. The van der Waals surface area contributed by atoms with Gasteiger partial charge in [-0.1, -0.05) is 6.07 Å². The zero-order valence-electron chi connectivity index (χ0n) is 11.1. The van der Waals surface area contributed by atoms with Gasteiger partial charge in [-0.05, 0) is 37.5 Å². The molecule has 0 aliphatic carbocycles. The lowest BCUT2D eigenvalue weighted by Gasteiger charge is -2.24. The van der Waals surface area contributed by atoms with Crippen molar-refractivity contribution >= 4 is 11.6 Å². The molecule has 94 valence electrons. The maximum absolute atomic E-state index is 11.7. The zero-order chi connectivity index (χ0) is 13.2. The maximum atomic E-state index is 11.7. The van der Waals surface area contributed by atoms with Gasteiger partial charge in [0.15, 0.2) is 0 Å². The fourth-order valence-electron chi connectivity index (χ4n) is 1.97. The minimum absolute atomic E-state index is 0.00792. The number of nitrogens with zero attached hydrogens (tertiary/aromatic N) is 1. The number of ether oxygens (including phenoxy) is 1. The van der Waals surface area contributed by atoms with Crippen molar-refractivity contribution < 1.29 is 9.53 Å². The number of aryl methyl sites for hydroxylation is 2. The van der Waals surface area contributed by atoms with E-state index in [1.165, 1.54) is 0 Å². The summed E-state index contributed by atoms with van der Waals surface area (Å²) in [5.74, 6) is 0.612. The number of carbonyl (C=O) groups excluding carboxylic acids is 1. The summed E-state index contributed by atoms with van der Waals surface area (Å²) in [6.07, 6.45) is 0. The topological polar surface area (TPSA) is 55.6 Å². The van der Waals surface area contributed by atoms with Crippen LogP contribution in [0.4, 0.5) is 5.69 Å². The molecule has 0 aliphatic rings. The molecule has 2 N–H and O–H groups in total. The van der Waals surface area contributed by atoms with Crippen LogP contribution in [-0.4, -0.2) is 26.6 Å². The van der Waals surface area contributed by atoms with Gasteiger partial charge in [0.1, 0.15) is 5.75 Å². The molecular formula is C13H20N2O2. The van der Waals surface area contributed by atoms with E-state index >= 15 is 0 Å². The van der Waals surface area contributed by atoms with Crippen LogP contribution in [0.3, 0.4) is 0 Å². The maximum Gasteiger partial charge on any atom is 0.240 e. The van der Waals surface area contributed by atoms with Crippen molar-refractivity contribution in [3.05, 3.63) is 22.8 Å². The van der Waals surface area contributed by atoms with Crippen molar-refractivity contribution in [3.63, 3.8) is 0 Å². The van der Waals surface area contributed by atoms with Crippen molar-refractivity contribution in [1.82, 2.24) is 0 Å². The van der Waals surface area contributed by atoms with Crippen LogP contribution in [0.25, 0.3) is 0 Å². The van der Waals surface area contributed by atoms with E-state index in [-0.39, 0.29) is 12.5 Å². The second-order valence-electron chi connectivity index (χ2n) is 4.17. The number of methoxy groups -OCH3 is 1. The van der Waals surface area contributed by atoms with Gasteiger partial charge in [-0.3, -0.25) is 4.79 Å². The van der Waals surface area contributed by atoms with Gasteiger partial charge in [0.2, 0.25) is 5.91 Å². The van der Waals surface area contributed by atoms with E-state index in [0.717, 1.165) is 28.1 Å². The lowest BCUT2D eigenvalue weighted by atomic mass is 10.0. The highest BCUT2D eigenvalue weighted by atomic mass is 16.5. The molecular weight excluding hydrogens is 216 g/mol. The van der Waals surface area contributed by atoms with Gasteiger partial charge in [0, 0.05) is 7.05 Å². The van der Waals surface area contributed by atoms with Crippen LogP contribution < -0.4 is 15.4 Å². The van der Waals surface area contributed by atoms with Crippen molar-refractivity contribution in [2.24, 2.45) is 5.73 Å². The summed E-state index contributed by atoms with van der Waals surface area (Å²) in [5, 5.41) is 0. The molecule has 1 rings (SSSR count). The first-order valence-corrected chi connectivity index (χ1v) is 5.55. The van der Waals surface area contributed by atoms with Crippen molar-refractivity contribution in [3.8, 4) is 5.75 Å². The number of hydrogen-bond donors (Lipinski definition) is 1. The fourth-order valence-corrected chi connectivity index (χ4v) is 1.97. The fraction of sp³-hybridized carbons (Fsp3) is 0.462. The summed E-state index contributed by atoms with van der Waals surface area (Å²) in [6.45, 7) is 5.97. The number of benzene rings is 1. The molecule has 1 aromatic rings. The third-order valence-electron chi connectivity index (χ3n) is 3.04. The molecule has 0 heterocycles. The van der Waals surface area contributed by atoms with Crippen LogP contribution in [0.15, 0.2) is 6.07 Å². The Bertz CT molecular complexity index is 442. The first-order chi connectivity index (χ1) is 7.93. The summed E-state index contributed by atoms with van der Waals surface area (Å²) in [5.41, 5.74) is 9.39. The molecule has 0 aliphatic heterocycles. The molecule has 0 fully saturated rings. The predicted octanol–water partition coefficient (Wildman–Crippen LogP) is 1.54. The summed E-state index contributed by atoms with van der Waals surface area (Å²) >= 11 is 0. The first kappa shape index (κ1) is 13.5. The molecule has 0 atom stereocenters. The molecule has 4 heteroatoms. The Labute approximate surface area is 102 Å². The predicted molar refractivity (Wildman–Crippen MR) is 69.7 cm³/mol. The van der Waals surface area contributed by atoms with Gasteiger partial charge >= 0.3 is 0 Å². The molecule has 1 amide bonds. The molecule has 1 aromatic carbocycles. The van der Waals surface area contributed by atoms with Crippen LogP contribution in [-0.2, 0) is 4.79 Å². The van der Waals surface area contributed by atoms with Crippen LogP contribution in [0.1, 0.15) is 16.7 Å². The molecule has 0 bridgehead atoms. The number of nitrogens with two attached hydrogens (primary N) is 1. The minimum atomic E-state index is -0.130. The standard InChI is InChI=1S/C13H20N2O2/c1-8-6-9(2)12(13(17-5)10(8)3)15(4)11(16)7-14/h6H,7,14H2,1-5H3. The van der Waals surface area contributed by atoms with E-state index < -0.39 is 0 Å². The number of likely N-dealkylation sites (N-methyl/N-ethyl adjacent to an activating group) is 1. The van der Waals surface area contributed by atoms with Gasteiger partial charge in [0.25, 0.3) is 0 Å². The van der Waals surface area contributed by atoms with Crippen LogP contribution in [0.5, 0.6) is 5.75 Å². The molecule has 0 saturated carbocycles. The monoisotopic (exact) mass is 236 g/mol. The molecule has 4 nitrogen and oxygen atoms in total. The minimum Gasteiger partial charge on any atom is -0.494 e. The van der Waals surface area contributed by atoms with Crippen LogP contribution in [0.2, 0.25) is 0 Å². The Morgan fingerprint density at radius 3 is 2.41 bits per heavy atom. The van der Waals surface area contributed by atoms with Crippen molar-refractivity contribution in [1.29, 1.82) is 0 Å². The summed E-state index contributed by atoms with van der Waals surface area (Å²) < 4.78 is 5.42. The van der Waals surface area contributed by atoms with E-state index in [1.807, 2.05) is 26.8 Å². The Balaban J connectivity index is 3.41. The normalized spacial score (nSPS) is 10.2. The third kappa shape index (κ3) is 2.42. The molecule has 0 saturated heterocycles. The molecule has 0 radical (unpaired) electrons. The Morgan fingerprint density at radius 1 is 1.35 bits per heavy atom. The van der Waals surface area contributed by atoms with E-state index in [0.29, 0.717) is 0 Å². The largest absolute Gasteiger partial charge is 0.494 e. The van der Waals surface area contributed by atoms with E-state index in [4.69, 9.17) is 10.5 Å². The number of anilines is 1. The quantitative estimate of drug-likeness (QED) is 0.866. The first-order valence-electron chi connectivity index (χ1n) is 5.55. The van der Waals surface area contributed by atoms with Crippen molar-refractivity contribution in [2.75, 3.05) is 25.6 Å². The van der Waals surface area contributed by atoms with Gasteiger partial charge < -0.3 is 15.4 Å². The highest BCUT2D eigenvalue weighted by Gasteiger charge is 2.19. The van der Waals surface area contributed by atoms with Gasteiger partial charge in [-0.15, -0.1) is 0 Å². The average Bonchev–Trinajstić information content (AvgIpc) is 2.31. The lowest BCUT2D eigenvalue weighted by molar-refractivity contribution is -0.117. The second-order valence-corrected chi connectivity index (χ2v) is 4.17. The van der Waals surface area contributed by atoms with Crippen molar-refractivity contribution in [2.45, 2.75) is 20.8 Å². The Hall–Kier alpha value is -1.55. The SMILES string of the molecule is COc1c(C)c(C)cc(C)c1N(C)C(=O)CN. The van der Waals surface area contributed by atoms with E-state index in [1.54, 1.807) is 19.1 Å². The van der Waals surface area contributed by atoms with Gasteiger partial charge in [-0.25, -0.2) is 0 Å². The van der Waals surface area contributed by atoms with Crippen LogP contribution in [0, 0.1) is 20.8 Å². The molecule has 0 aromatic heterocycles. The van der Waals surface area contributed by atoms with Gasteiger partial charge in [0.05, 0.1) is 19.3 Å². The van der Waals surface area contributed by atoms with E-state index in [9.17, 15) is 4.79 Å². The summed E-state index contributed by atoms with van der Waals surface area (Å²) in [6, 6.07) is 2.05. The second kappa shape index (κ2) is 5.19. The Kier molecular flexibility index (Phi) is 4.12. The summed E-state index contributed by atoms with van der Waals surface area (Å²) in [4.78, 5) is 13.2. The smallest absolute Gasteiger partial charge is 0.240 e. The highest BCUT2D eigenvalue weighted by molar-refractivity contribution is 5.96. The molecule has 17 heavy (non-hydrogen) atoms. The van der Waals surface area contributed by atoms with Crippen LogP contribution >= 0.6 is 0 Å². The Morgan fingerprint density at radius 2 is 1.94 bits per heavy atom. The number of amides is 1.